The largest absolute Gasteiger partial charge is 0.467 e. The topological polar surface area (TPSA) is 135 Å². The first-order chi connectivity index (χ1) is 12.9. The predicted octanol–water partition coefficient (Wildman–Crippen LogP) is 1.83. The van der Waals surface area contributed by atoms with Gasteiger partial charge in [0.25, 0.3) is 0 Å². The number of carbonyl (C=O) groups excluding carboxylic acids is 3. The van der Waals surface area contributed by atoms with Crippen LogP contribution in [0.25, 0.3) is 0 Å². The van der Waals surface area contributed by atoms with Gasteiger partial charge in [-0.2, -0.15) is 0 Å². The second-order valence-corrected chi connectivity index (χ2v) is 5.45. The normalized spacial score (nSPS) is 11.8. The molecule has 0 fully saturated rings. The zero-order valence-electron chi connectivity index (χ0n) is 15.1. The molecule has 2 N–H and O–H groups in total. The number of methoxy groups -OCH3 is 2. The Bertz CT molecular complexity index is 844. The Balaban J connectivity index is 2.04. The summed E-state index contributed by atoms with van der Waals surface area (Å²) in [6, 6.07) is 5.54. The fourth-order valence-corrected chi connectivity index (χ4v) is 2.19. The van der Waals surface area contributed by atoms with Gasteiger partial charge in [-0.3, -0.25) is 4.79 Å². The fourth-order valence-electron chi connectivity index (χ4n) is 2.19. The Kier molecular flexibility index (Phi) is 6.75. The predicted molar refractivity (Wildman–Crippen MR) is 93.9 cm³/mol. The van der Waals surface area contributed by atoms with Crippen LogP contribution in [0.1, 0.15) is 23.0 Å². The Labute approximate surface area is 155 Å². The van der Waals surface area contributed by atoms with Crippen LogP contribution in [-0.4, -0.2) is 48.1 Å². The minimum absolute atomic E-state index is 0.169. The average Bonchev–Trinajstić information content (AvgIpc) is 3.12. The maximum Gasteiger partial charge on any atom is 0.337 e. The third-order valence-corrected chi connectivity index (χ3v) is 3.45. The third-order valence-electron chi connectivity index (χ3n) is 3.45. The SMILES string of the molecule is COC(=O)c1ccc(N=Nc2ncc(C[C@H](NC(C)=O)C(=O)OC)[nH]2)cc1. The van der Waals surface area contributed by atoms with Crippen molar-refractivity contribution < 1.29 is 23.9 Å². The number of esters is 2. The van der Waals surface area contributed by atoms with Gasteiger partial charge in [0.05, 0.1) is 31.7 Å². The van der Waals surface area contributed by atoms with Gasteiger partial charge in [-0.05, 0) is 24.3 Å². The number of nitrogens with zero attached hydrogens (tertiary/aromatic N) is 3. The second-order valence-electron chi connectivity index (χ2n) is 5.45. The average molecular weight is 373 g/mol. The van der Waals surface area contributed by atoms with Crippen LogP contribution in [0, 0.1) is 0 Å². The number of benzene rings is 1. The molecule has 10 heteroatoms. The van der Waals surface area contributed by atoms with Crippen LogP contribution in [0.2, 0.25) is 0 Å². The molecule has 1 amide bonds. The van der Waals surface area contributed by atoms with Crippen LogP contribution < -0.4 is 5.32 Å². The van der Waals surface area contributed by atoms with E-state index >= 15 is 0 Å². The molecule has 0 bridgehead atoms. The summed E-state index contributed by atoms with van der Waals surface area (Å²) >= 11 is 0. The summed E-state index contributed by atoms with van der Waals surface area (Å²) in [6.45, 7) is 1.31. The molecule has 0 aliphatic rings. The summed E-state index contributed by atoms with van der Waals surface area (Å²) in [5.74, 6) is -1.11. The van der Waals surface area contributed by atoms with E-state index in [1.807, 2.05) is 0 Å². The van der Waals surface area contributed by atoms with Gasteiger partial charge >= 0.3 is 11.9 Å². The highest BCUT2D eigenvalue weighted by Gasteiger charge is 2.21. The van der Waals surface area contributed by atoms with Crippen LogP contribution in [0.3, 0.4) is 0 Å². The van der Waals surface area contributed by atoms with Gasteiger partial charge in [0.1, 0.15) is 6.04 Å². The zero-order chi connectivity index (χ0) is 19.8. The second kappa shape index (κ2) is 9.22. The van der Waals surface area contributed by atoms with Crippen molar-refractivity contribution >= 4 is 29.5 Å². The van der Waals surface area contributed by atoms with Crippen molar-refractivity contribution in [2.75, 3.05) is 14.2 Å². The summed E-state index contributed by atoms with van der Waals surface area (Å²) in [7, 11) is 2.55. The number of ether oxygens (including phenoxy) is 2. The van der Waals surface area contributed by atoms with E-state index in [4.69, 9.17) is 0 Å². The Morgan fingerprint density at radius 3 is 2.44 bits per heavy atom. The van der Waals surface area contributed by atoms with Gasteiger partial charge in [0, 0.05) is 19.0 Å². The number of aromatic amines is 1. The molecule has 0 saturated heterocycles. The van der Waals surface area contributed by atoms with E-state index in [-0.39, 0.29) is 18.3 Å². The maximum atomic E-state index is 11.7. The Morgan fingerprint density at radius 2 is 1.85 bits per heavy atom. The van der Waals surface area contributed by atoms with Crippen molar-refractivity contribution in [2.24, 2.45) is 10.2 Å². The van der Waals surface area contributed by atoms with Gasteiger partial charge in [-0.1, -0.05) is 0 Å². The van der Waals surface area contributed by atoms with Gasteiger partial charge in [-0.15, -0.1) is 10.2 Å². The number of H-pyrrole nitrogens is 1. The molecule has 27 heavy (non-hydrogen) atoms. The molecule has 0 aliphatic carbocycles. The van der Waals surface area contributed by atoms with E-state index in [0.29, 0.717) is 16.9 Å². The monoisotopic (exact) mass is 373 g/mol. The van der Waals surface area contributed by atoms with Gasteiger partial charge < -0.3 is 19.8 Å². The fraction of sp³-hybridized carbons (Fsp3) is 0.294. The van der Waals surface area contributed by atoms with Crippen molar-refractivity contribution in [1.82, 2.24) is 15.3 Å². The number of amides is 1. The number of azo groups is 1. The van der Waals surface area contributed by atoms with Gasteiger partial charge in [0.2, 0.25) is 11.9 Å². The summed E-state index contributed by atoms with van der Waals surface area (Å²) in [5, 5.41) is 10.5. The number of hydrogen-bond acceptors (Lipinski definition) is 8. The molecule has 0 saturated carbocycles. The molecule has 1 aromatic heterocycles. The lowest BCUT2D eigenvalue weighted by Gasteiger charge is -2.14. The van der Waals surface area contributed by atoms with E-state index in [2.05, 4.69) is 35.0 Å². The van der Waals surface area contributed by atoms with Crippen molar-refractivity contribution in [1.29, 1.82) is 0 Å². The van der Waals surface area contributed by atoms with Crippen LogP contribution >= 0.6 is 0 Å². The lowest BCUT2D eigenvalue weighted by atomic mass is 10.1. The first kappa shape index (κ1) is 19.8. The first-order valence-electron chi connectivity index (χ1n) is 7.92. The van der Waals surface area contributed by atoms with Crippen molar-refractivity contribution in [3.05, 3.63) is 41.7 Å². The number of imidazole rings is 1. The number of hydrogen-bond donors (Lipinski definition) is 2. The molecule has 0 aliphatic heterocycles. The Morgan fingerprint density at radius 1 is 1.15 bits per heavy atom. The van der Waals surface area contributed by atoms with E-state index in [9.17, 15) is 14.4 Å². The van der Waals surface area contributed by atoms with Gasteiger partial charge in [-0.25, -0.2) is 14.6 Å². The smallest absolute Gasteiger partial charge is 0.337 e. The number of rotatable bonds is 7. The molecule has 0 spiro atoms. The van der Waals surface area contributed by atoms with Crippen LogP contribution in [-0.2, 0) is 25.5 Å². The van der Waals surface area contributed by atoms with Crippen molar-refractivity contribution in [3.63, 3.8) is 0 Å². The van der Waals surface area contributed by atoms with Crippen LogP contribution in [0.4, 0.5) is 11.6 Å². The van der Waals surface area contributed by atoms with E-state index in [1.54, 1.807) is 24.3 Å². The number of nitrogens with one attached hydrogen (secondary N) is 2. The van der Waals surface area contributed by atoms with Crippen LogP contribution in [0.15, 0.2) is 40.7 Å². The van der Waals surface area contributed by atoms with Crippen molar-refractivity contribution in [3.8, 4) is 0 Å². The summed E-state index contributed by atoms with van der Waals surface area (Å²) in [6.07, 6.45) is 1.66. The van der Waals surface area contributed by atoms with Crippen LogP contribution in [0.5, 0.6) is 0 Å². The molecule has 142 valence electrons. The molecule has 2 aromatic rings. The summed E-state index contributed by atoms with van der Waals surface area (Å²) in [4.78, 5) is 41.3. The van der Waals surface area contributed by atoms with E-state index < -0.39 is 18.0 Å². The van der Waals surface area contributed by atoms with Gasteiger partial charge in [0.15, 0.2) is 0 Å². The highest BCUT2D eigenvalue weighted by molar-refractivity contribution is 5.89. The summed E-state index contributed by atoms with van der Waals surface area (Å²) in [5.41, 5.74) is 1.50. The van der Waals surface area contributed by atoms with E-state index in [1.165, 1.54) is 27.3 Å². The quantitative estimate of drug-likeness (QED) is 0.561. The highest BCUT2D eigenvalue weighted by atomic mass is 16.5. The third kappa shape index (κ3) is 5.73. The molecule has 2 rings (SSSR count). The molecular weight excluding hydrogens is 354 g/mol. The lowest BCUT2D eigenvalue weighted by molar-refractivity contribution is -0.144. The minimum atomic E-state index is -0.830. The van der Waals surface area contributed by atoms with Crippen molar-refractivity contribution in [2.45, 2.75) is 19.4 Å². The minimum Gasteiger partial charge on any atom is -0.467 e. The molecule has 10 nitrogen and oxygen atoms in total. The number of carbonyl (C=O) groups is 3. The molecular formula is C17H19N5O5. The standard InChI is InChI=1S/C17H19N5O5/c1-10(23)19-14(16(25)27-3)8-13-9-18-17(20-13)22-21-12-6-4-11(5-7-12)15(24)26-2/h4-7,9,14H,8H2,1-3H3,(H,18,20)(H,19,23)/t14-/m0/s1. The highest BCUT2D eigenvalue weighted by Crippen LogP contribution is 2.17. The lowest BCUT2D eigenvalue weighted by Crippen LogP contribution is -2.42. The molecule has 1 heterocycles. The molecule has 1 atom stereocenters. The number of aromatic nitrogens is 2. The summed E-state index contributed by atoms with van der Waals surface area (Å²) < 4.78 is 9.29. The zero-order valence-corrected chi connectivity index (χ0v) is 15.1. The Hall–Kier alpha value is -3.56. The first-order valence-corrected chi connectivity index (χ1v) is 7.92. The maximum absolute atomic E-state index is 11.7. The van der Waals surface area contributed by atoms with E-state index in [0.717, 1.165) is 0 Å². The molecule has 1 aromatic carbocycles. The molecule has 0 radical (unpaired) electrons. The molecule has 0 unspecified atom stereocenters.